The van der Waals surface area contributed by atoms with Gasteiger partial charge in [0.1, 0.15) is 12.0 Å². The normalized spacial score (nSPS) is 11.7. The van der Waals surface area contributed by atoms with Crippen molar-refractivity contribution in [1.29, 1.82) is 0 Å². The third kappa shape index (κ3) is 4.03. The monoisotopic (exact) mass is 254 g/mol. The van der Waals surface area contributed by atoms with Gasteiger partial charge >= 0.3 is 0 Å². The maximum Gasteiger partial charge on any atom is 0.242 e. The van der Waals surface area contributed by atoms with Crippen LogP contribution in [-0.4, -0.2) is 34.3 Å². The Morgan fingerprint density at radius 2 is 2.11 bits per heavy atom. The second-order valence-corrected chi connectivity index (χ2v) is 5.28. The van der Waals surface area contributed by atoms with Crippen LogP contribution in [0, 0.1) is 5.41 Å². The van der Waals surface area contributed by atoms with E-state index in [-0.39, 0.29) is 18.1 Å². The molecule has 0 aliphatic rings. The number of anilines is 2. The number of nitrogens with zero attached hydrogens (tertiary/aromatic N) is 2. The second kappa shape index (κ2) is 5.86. The first kappa shape index (κ1) is 14.5. The molecule has 0 unspecified atom stereocenters. The molecule has 0 aromatic carbocycles. The van der Waals surface area contributed by atoms with Gasteiger partial charge in [-0.3, -0.25) is 0 Å². The summed E-state index contributed by atoms with van der Waals surface area (Å²) in [5, 5.41) is 12.3. The van der Waals surface area contributed by atoms with E-state index in [0.717, 1.165) is 0 Å². The van der Waals surface area contributed by atoms with E-state index in [4.69, 9.17) is 10.5 Å². The summed E-state index contributed by atoms with van der Waals surface area (Å²) in [6, 6.07) is 0. The standard InChI is InChI=1S/C12H22N4O2/c1-8(2)18-11-9(13)10(15-7-16-11)14-5-12(3,4)6-17/h7-8,17H,5-6,13H2,1-4H3,(H,14,15,16). The number of rotatable bonds is 6. The van der Waals surface area contributed by atoms with E-state index < -0.39 is 0 Å². The quantitative estimate of drug-likeness (QED) is 0.708. The molecule has 1 heterocycles. The molecular weight excluding hydrogens is 232 g/mol. The van der Waals surface area contributed by atoms with E-state index in [1.165, 1.54) is 6.33 Å². The molecule has 1 rings (SSSR count). The topological polar surface area (TPSA) is 93.3 Å². The van der Waals surface area contributed by atoms with Crippen LogP contribution in [0.4, 0.5) is 11.5 Å². The molecule has 102 valence electrons. The number of aliphatic hydroxyl groups is 1. The number of aromatic nitrogens is 2. The number of hydrogen-bond acceptors (Lipinski definition) is 6. The number of aliphatic hydroxyl groups excluding tert-OH is 1. The van der Waals surface area contributed by atoms with Gasteiger partial charge in [0.2, 0.25) is 5.88 Å². The maximum atomic E-state index is 9.19. The van der Waals surface area contributed by atoms with Crippen LogP contribution >= 0.6 is 0 Å². The highest BCUT2D eigenvalue weighted by molar-refractivity contribution is 5.66. The van der Waals surface area contributed by atoms with Crippen LogP contribution < -0.4 is 15.8 Å². The van der Waals surface area contributed by atoms with Crippen molar-refractivity contribution >= 4 is 11.5 Å². The fourth-order valence-electron chi connectivity index (χ4n) is 1.22. The van der Waals surface area contributed by atoms with Crippen molar-refractivity contribution < 1.29 is 9.84 Å². The number of nitrogen functional groups attached to an aromatic ring is 1. The van der Waals surface area contributed by atoms with Crippen molar-refractivity contribution in [3.63, 3.8) is 0 Å². The van der Waals surface area contributed by atoms with E-state index in [0.29, 0.717) is 23.9 Å². The summed E-state index contributed by atoms with van der Waals surface area (Å²) in [5.41, 5.74) is 6.08. The van der Waals surface area contributed by atoms with Crippen LogP contribution in [-0.2, 0) is 0 Å². The second-order valence-electron chi connectivity index (χ2n) is 5.28. The lowest BCUT2D eigenvalue weighted by molar-refractivity contribution is 0.170. The minimum Gasteiger partial charge on any atom is -0.473 e. The minimum atomic E-state index is -0.240. The molecule has 0 fully saturated rings. The number of ether oxygens (including phenoxy) is 1. The van der Waals surface area contributed by atoms with Gasteiger partial charge in [0, 0.05) is 18.6 Å². The molecule has 0 radical (unpaired) electrons. The van der Waals surface area contributed by atoms with Gasteiger partial charge in [-0.2, -0.15) is 4.98 Å². The lowest BCUT2D eigenvalue weighted by Gasteiger charge is -2.23. The zero-order valence-corrected chi connectivity index (χ0v) is 11.4. The Kier molecular flexibility index (Phi) is 4.72. The van der Waals surface area contributed by atoms with E-state index in [2.05, 4.69) is 15.3 Å². The van der Waals surface area contributed by atoms with Crippen LogP contribution in [0.1, 0.15) is 27.7 Å². The molecule has 1 aromatic rings. The van der Waals surface area contributed by atoms with E-state index in [9.17, 15) is 5.11 Å². The van der Waals surface area contributed by atoms with Crippen LogP contribution in [0.5, 0.6) is 5.88 Å². The third-order valence-electron chi connectivity index (χ3n) is 2.36. The molecule has 18 heavy (non-hydrogen) atoms. The van der Waals surface area contributed by atoms with Crippen molar-refractivity contribution in [3.8, 4) is 5.88 Å². The van der Waals surface area contributed by atoms with Crippen LogP contribution in [0.2, 0.25) is 0 Å². The summed E-state index contributed by atoms with van der Waals surface area (Å²) in [6.07, 6.45) is 1.41. The van der Waals surface area contributed by atoms with Crippen molar-refractivity contribution in [3.05, 3.63) is 6.33 Å². The summed E-state index contributed by atoms with van der Waals surface area (Å²) in [6.45, 7) is 8.35. The van der Waals surface area contributed by atoms with Gasteiger partial charge < -0.3 is 20.9 Å². The zero-order valence-electron chi connectivity index (χ0n) is 11.4. The van der Waals surface area contributed by atoms with Gasteiger partial charge in [-0.05, 0) is 13.8 Å². The van der Waals surface area contributed by atoms with Crippen LogP contribution in [0.15, 0.2) is 6.33 Å². The highest BCUT2D eigenvalue weighted by atomic mass is 16.5. The third-order valence-corrected chi connectivity index (χ3v) is 2.36. The number of hydrogen-bond donors (Lipinski definition) is 3. The summed E-state index contributed by atoms with van der Waals surface area (Å²) in [4.78, 5) is 8.07. The fourth-order valence-corrected chi connectivity index (χ4v) is 1.22. The first-order valence-electron chi connectivity index (χ1n) is 5.97. The molecule has 0 aliphatic heterocycles. The van der Waals surface area contributed by atoms with Gasteiger partial charge in [-0.1, -0.05) is 13.8 Å². The Bertz CT molecular complexity index is 394. The number of nitrogens with one attached hydrogen (secondary N) is 1. The Morgan fingerprint density at radius 3 is 2.67 bits per heavy atom. The van der Waals surface area contributed by atoms with E-state index in [1.807, 2.05) is 27.7 Å². The highest BCUT2D eigenvalue weighted by Gasteiger charge is 2.18. The Labute approximate surface area is 108 Å². The van der Waals surface area contributed by atoms with Gasteiger partial charge in [0.15, 0.2) is 5.82 Å². The Morgan fingerprint density at radius 1 is 1.44 bits per heavy atom. The van der Waals surface area contributed by atoms with Crippen LogP contribution in [0.25, 0.3) is 0 Å². The van der Waals surface area contributed by atoms with E-state index in [1.54, 1.807) is 0 Å². The molecule has 4 N–H and O–H groups in total. The smallest absolute Gasteiger partial charge is 0.242 e. The lowest BCUT2D eigenvalue weighted by atomic mass is 9.95. The first-order chi connectivity index (χ1) is 8.35. The zero-order chi connectivity index (χ0) is 13.8. The van der Waals surface area contributed by atoms with Crippen molar-refractivity contribution in [1.82, 2.24) is 9.97 Å². The molecule has 0 bridgehead atoms. The summed E-state index contributed by atoms with van der Waals surface area (Å²) < 4.78 is 5.48. The van der Waals surface area contributed by atoms with Gasteiger partial charge in [-0.15, -0.1) is 0 Å². The van der Waals surface area contributed by atoms with Gasteiger partial charge in [0.25, 0.3) is 0 Å². The average Bonchev–Trinajstić information content (AvgIpc) is 2.30. The van der Waals surface area contributed by atoms with Crippen LogP contribution in [0.3, 0.4) is 0 Å². The highest BCUT2D eigenvalue weighted by Crippen LogP contribution is 2.26. The molecule has 0 aliphatic carbocycles. The predicted molar refractivity (Wildman–Crippen MR) is 71.6 cm³/mol. The van der Waals surface area contributed by atoms with E-state index >= 15 is 0 Å². The van der Waals surface area contributed by atoms with Gasteiger partial charge in [-0.25, -0.2) is 4.98 Å². The summed E-state index contributed by atoms with van der Waals surface area (Å²) in [7, 11) is 0. The van der Waals surface area contributed by atoms with Crippen molar-refractivity contribution in [2.24, 2.45) is 5.41 Å². The lowest BCUT2D eigenvalue weighted by Crippen LogP contribution is -2.27. The maximum absolute atomic E-state index is 9.19. The predicted octanol–water partition coefficient (Wildman–Crippen LogP) is 1.28. The fraction of sp³-hybridized carbons (Fsp3) is 0.667. The van der Waals surface area contributed by atoms with Crippen molar-refractivity contribution in [2.45, 2.75) is 33.8 Å². The molecule has 6 heteroatoms. The Hall–Kier alpha value is -1.56. The molecule has 6 nitrogen and oxygen atoms in total. The molecule has 0 atom stereocenters. The summed E-state index contributed by atoms with van der Waals surface area (Å²) >= 11 is 0. The average molecular weight is 254 g/mol. The van der Waals surface area contributed by atoms with Crippen molar-refractivity contribution in [2.75, 3.05) is 24.2 Å². The SMILES string of the molecule is CC(C)Oc1ncnc(NCC(C)(C)CO)c1N. The minimum absolute atomic E-state index is 0.00364. The summed E-state index contributed by atoms with van der Waals surface area (Å²) in [5.74, 6) is 0.909. The molecule has 0 spiro atoms. The largest absolute Gasteiger partial charge is 0.473 e. The molecule has 1 aromatic heterocycles. The molecule has 0 saturated heterocycles. The first-order valence-corrected chi connectivity index (χ1v) is 5.97. The Balaban J connectivity index is 2.78. The van der Waals surface area contributed by atoms with Gasteiger partial charge in [0.05, 0.1) is 6.10 Å². The molecule has 0 saturated carbocycles. The molecule has 0 amide bonds. The molecular formula is C12H22N4O2. The number of nitrogens with two attached hydrogens (primary N) is 1.